The van der Waals surface area contributed by atoms with Crippen LogP contribution in [0.3, 0.4) is 0 Å². The molecule has 0 aromatic heterocycles. The van der Waals surface area contributed by atoms with Gasteiger partial charge in [-0.05, 0) is 6.92 Å². The number of methoxy groups -OCH3 is 1. The van der Waals surface area contributed by atoms with Crippen LogP contribution in [-0.2, 0) is 9.53 Å². The number of nitriles is 1. The first kappa shape index (κ1) is 16.2. The molecule has 7 heteroatoms. The largest absolute Gasteiger partial charge is 0.480 e. The van der Waals surface area contributed by atoms with Crippen molar-refractivity contribution in [2.75, 3.05) is 26.8 Å². The van der Waals surface area contributed by atoms with E-state index in [1.165, 1.54) is 12.0 Å². The second-order valence-electron chi connectivity index (χ2n) is 3.61. The Kier molecular flexibility index (Phi) is 8.31. The molecule has 1 unspecified atom stereocenters. The van der Waals surface area contributed by atoms with Crippen molar-refractivity contribution in [3.8, 4) is 6.07 Å². The number of nitrogens with one attached hydrogen (secondary N) is 1. The Morgan fingerprint density at radius 1 is 1.56 bits per heavy atom. The van der Waals surface area contributed by atoms with Crippen molar-refractivity contribution in [1.29, 1.82) is 5.26 Å². The van der Waals surface area contributed by atoms with Crippen LogP contribution in [0.2, 0.25) is 0 Å². The normalized spacial score (nSPS) is 11.4. The van der Waals surface area contributed by atoms with E-state index in [2.05, 4.69) is 5.32 Å². The van der Waals surface area contributed by atoms with Gasteiger partial charge in [-0.2, -0.15) is 5.26 Å². The second kappa shape index (κ2) is 9.24. The van der Waals surface area contributed by atoms with Crippen LogP contribution in [0.5, 0.6) is 0 Å². The Hall–Kier alpha value is -1.81. The van der Waals surface area contributed by atoms with Crippen molar-refractivity contribution in [3.05, 3.63) is 0 Å². The molecule has 0 rings (SSSR count). The number of carbonyl (C=O) groups excluding carboxylic acids is 1. The monoisotopic (exact) mass is 257 g/mol. The van der Waals surface area contributed by atoms with E-state index in [0.29, 0.717) is 6.54 Å². The highest BCUT2D eigenvalue weighted by molar-refractivity contribution is 5.82. The third-order valence-electron chi connectivity index (χ3n) is 2.37. The Bertz CT molecular complexity index is 314. The molecule has 0 heterocycles. The fourth-order valence-electron chi connectivity index (χ4n) is 1.32. The van der Waals surface area contributed by atoms with E-state index < -0.39 is 18.0 Å². The summed E-state index contributed by atoms with van der Waals surface area (Å²) in [5.74, 6) is -1.10. The van der Waals surface area contributed by atoms with Gasteiger partial charge in [0.05, 0.1) is 12.5 Å². The van der Waals surface area contributed by atoms with Crippen molar-refractivity contribution in [3.63, 3.8) is 0 Å². The van der Waals surface area contributed by atoms with E-state index in [1.807, 2.05) is 6.07 Å². The van der Waals surface area contributed by atoms with E-state index in [1.54, 1.807) is 6.92 Å². The topological polar surface area (TPSA) is 103 Å². The van der Waals surface area contributed by atoms with E-state index in [-0.39, 0.29) is 26.0 Å². The number of rotatable bonds is 8. The highest BCUT2D eigenvalue weighted by Gasteiger charge is 2.22. The molecule has 102 valence electrons. The first-order valence-corrected chi connectivity index (χ1v) is 5.70. The van der Waals surface area contributed by atoms with Crippen molar-refractivity contribution in [2.45, 2.75) is 25.8 Å². The van der Waals surface area contributed by atoms with Crippen LogP contribution in [0.1, 0.15) is 19.8 Å². The van der Waals surface area contributed by atoms with Gasteiger partial charge in [-0.1, -0.05) is 0 Å². The molecule has 2 N–H and O–H groups in total. The van der Waals surface area contributed by atoms with Gasteiger partial charge >= 0.3 is 12.0 Å². The molecule has 7 nitrogen and oxygen atoms in total. The van der Waals surface area contributed by atoms with Gasteiger partial charge < -0.3 is 20.1 Å². The Morgan fingerprint density at radius 3 is 2.67 bits per heavy atom. The van der Waals surface area contributed by atoms with Gasteiger partial charge in [0, 0.05) is 33.2 Å². The molecular weight excluding hydrogens is 238 g/mol. The molecule has 0 radical (unpaired) electrons. The van der Waals surface area contributed by atoms with Crippen molar-refractivity contribution in [2.24, 2.45) is 0 Å². The van der Waals surface area contributed by atoms with E-state index >= 15 is 0 Å². The lowest BCUT2D eigenvalue weighted by atomic mass is 10.2. The number of carboxylic acid groups (broad SMARTS) is 1. The van der Waals surface area contributed by atoms with Gasteiger partial charge in [0.1, 0.15) is 6.04 Å². The average molecular weight is 257 g/mol. The zero-order chi connectivity index (χ0) is 14.0. The SMILES string of the molecule is CCN(CCC#N)C(=O)NC(CCOC)C(=O)O. The van der Waals surface area contributed by atoms with Crippen LogP contribution in [0.25, 0.3) is 0 Å². The second-order valence-corrected chi connectivity index (χ2v) is 3.61. The molecule has 0 aliphatic rings. The van der Waals surface area contributed by atoms with Gasteiger partial charge in [-0.15, -0.1) is 0 Å². The molecule has 0 aliphatic carbocycles. The van der Waals surface area contributed by atoms with Crippen LogP contribution >= 0.6 is 0 Å². The maximum absolute atomic E-state index is 11.8. The molecule has 0 aromatic rings. The van der Waals surface area contributed by atoms with Crippen LogP contribution in [-0.4, -0.2) is 54.9 Å². The van der Waals surface area contributed by atoms with Crippen LogP contribution in [0.4, 0.5) is 4.79 Å². The Morgan fingerprint density at radius 2 is 2.22 bits per heavy atom. The predicted octanol–water partition coefficient (Wildman–Crippen LogP) is 0.421. The number of ether oxygens (including phenoxy) is 1. The van der Waals surface area contributed by atoms with Gasteiger partial charge in [-0.25, -0.2) is 9.59 Å². The molecule has 1 atom stereocenters. The fourth-order valence-corrected chi connectivity index (χ4v) is 1.32. The standard InChI is InChI=1S/C11H19N3O4/c1-3-14(7-4-6-12)11(17)13-9(10(15)16)5-8-18-2/h9H,3-5,7-8H2,1-2H3,(H,13,17)(H,15,16). The summed E-state index contributed by atoms with van der Waals surface area (Å²) in [7, 11) is 1.46. The number of carbonyl (C=O) groups is 2. The first-order valence-electron chi connectivity index (χ1n) is 5.70. The Balaban J connectivity index is 4.37. The zero-order valence-corrected chi connectivity index (χ0v) is 10.7. The summed E-state index contributed by atoms with van der Waals surface area (Å²) < 4.78 is 4.78. The first-order chi connectivity index (χ1) is 8.56. The highest BCUT2D eigenvalue weighted by atomic mass is 16.5. The third kappa shape index (κ3) is 6.06. The molecule has 0 saturated heterocycles. The summed E-state index contributed by atoms with van der Waals surface area (Å²) in [4.78, 5) is 24.1. The minimum atomic E-state index is -1.10. The summed E-state index contributed by atoms with van der Waals surface area (Å²) in [6.45, 7) is 2.73. The molecule has 0 saturated carbocycles. The van der Waals surface area contributed by atoms with Crippen LogP contribution < -0.4 is 5.32 Å². The number of hydrogen-bond donors (Lipinski definition) is 2. The van der Waals surface area contributed by atoms with Crippen molar-refractivity contribution in [1.82, 2.24) is 10.2 Å². The lowest BCUT2D eigenvalue weighted by Gasteiger charge is -2.23. The molecule has 0 aromatic carbocycles. The summed E-state index contributed by atoms with van der Waals surface area (Å²) in [6.07, 6.45) is 0.421. The van der Waals surface area contributed by atoms with Gasteiger partial charge in [0.15, 0.2) is 0 Å². The maximum atomic E-state index is 11.8. The molecule has 0 fully saturated rings. The molecular formula is C11H19N3O4. The van der Waals surface area contributed by atoms with E-state index in [9.17, 15) is 9.59 Å². The molecule has 18 heavy (non-hydrogen) atoms. The maximum Gasteiger partial charge on any atom is 0.326 e. The number of aliphatic carboxylic acids is 1. The van der Waals surface area contributed by atoms with Gasteiger partial charge in [0.25, 0.3) is 0 Å². The number of hydrogen-bond acceptors (Lipinski definition) is 4. The zero-order valence-electron chi connectivity index (χ0n) is 10.7. The van der Waals surface area contributed by atoms with Crippen molar-refractivity contribution < 1.29 is 19.4 Å². The highest BCUT2D eigenvalue weighted by Crippen LogP contribution is 1.98. The molecule has 0 spiro atoms. The van der Waals surface area contributed by atoms with Crippen molar-refractivity contribution >= 4 is 12.0 Å². The van der Waals surface area contributed by atoms with E-state index in [4.69, 9.17) is 15.1 Å². The minimum Gasteiger partial charge on any atom is -0.480 e. The summed E-state index contributed by atoms with van der Waals surface area (Å²) in [5.41, 5.74) is 0. The number of amides is 2. The third-order valence-corrected chi connectivity index (χ3v) is 2.37. The smallest absolute Gasteiger partial charge is 0.326 e. The lowest BCUT2D eigenvalue weighted by Crippen LogP contribution is -2.48. The molecule has 2 amide bonds. The van der Waals surface area contributed by atoms with E-state index in [0.717, 1.165) is 0 Å². The van der Waals surface area contributed by atoms with Gasteiger partial charge in [-0.3, -0.25) is 0 Å². The minimum absolute atomic E-state index is 0.202. The number of carboxylic acids is 1. The molecule has 0 bridgehead atoms. The fraction of sp³-hybridized carbons (Fsp3) is 0.727. The summed E-state index contributed by atoms with van der Waals surface area (Å²) in [6, 6.07) is 0.486. The Labute approximate surface area is 106 Å². The summed E-state index contributed by atoms with van der Waals surface area (Å²) in [5, 5.41) is 19.8. The average Bonchev–Trinajstić information content (AvgIpc) is 2.34. The quantitative estimate of drug-likeness (QED) is 0.656. The van der Waals surface area contributed by atoms with Gasteiger partial charge in [0.2, 0.25) is 0 Å². The lowest BCUT2D eigenvalue weighted by molar-refractivity contribution is -0.139. The summed E-state index contributed by atoms with van der Waals surface area (Å²) >= 11 is 0. The number of urea groups is 1. The van der Waals surface area contributed by atoms with Crippen LogP contribution in [0.15, 0.2) is 0 Å². The molecule has 0 aliphatic heterocycles. The predicted molar refractivity (Wildman–Crippen MR) is 63.9 cm³/mol. The number of nitrogens with zero attached hydrogens (tertiary/aromatic N) is 2. The van der Waals surface area contributed by atoms with Crippen LogP contribution in [0, 0.1) is 11.3 Å².